The van der Waals surface area contributed by atoms with Gasteiger partial charge in [0.25, 0.3) is 11.8 Å². The van der Waals surface area contributed by atoms with E-state index in [9.17, 15) is 14.4 Å². The summed E-state index contributed by atoms with van der Waals surface area (Å²) in [6.45, 7) is 0.118. The van der Waals surface area contributed by atoms with Crippen LogP contribution in [-0.4, -0.2) is 31.7 Å². The van der Waals surface area contributed by atoms with Crippen LogP contribution in [-0.2, 0) is 9.59 Å². The van der Waals surface area contributed by atoms with Crippen LogP contribution < -0.4 is 24.4 Å². The number of urea groups is 1. The molecule has 27 heavy (non-hydrogen) atoms. The standard InChI is InChI=1S/C19H14N2O6/c1-25-13-4-2-3-12(9-13)21-18(23)14(17(22)20-19(21)24)7-11-5-6-15-16(8-11)27-10-26-15/h2-9H,10H2,1H3,(H,20,22,24)/b14-7-. The Kier molecular flexibility index (Phi) is 4.00. The van der Waals surface area contributed by atoms with Gasteiger partial charge in [0.2, 0.25) is 6.79 Å². The molecule has 2 aliphatic rings. The van der Waals surface area contributed by atoms with Crippen LogP contribution in [0.4, 0.5) is 10.5 Å². The van der Waals surface area contributed by atoms with Gasteiger partial charge in [-0.25, -0.2) is 9.69 Å². The van der Waals surface area contributed by atoms with Crippen molar-refractivity contribution in [2.75, 3.05) is 18.8 Å². The third kappa shape index (κ3) is 2.97. The number of benzene rings is 2. The topological polar surface area (TPSA) is 94.2 Å². The molecule has 0 bridgehead atoms. The van der Waals surface area contributed by atoms with Gasteiger partial charge >= 0.3 is 6.03 Å². The lowest BCUT2D eigenvalue weighted by molar-refractivity contribution is -0.122. The van der Waals surface area contributed by atoms with Crippen LogP contribution in [0.15, 0.2) is 48.0 Å². The molecule has 8 heteroatoms. The second-order valence-electron chi connectivity index (χ2n) is 5.77. The van der Waals surface area contributed by atoms with Gasteiger partial charge in [-0.3, -0.25) is 14.9 Å². The Balaban J connectivity index is 1.71. The van der Waals surface area contributed by atoms with Crippen molar-refractivity contribution in [1.82, 2.24) is 5.32 Å². The first-order valence-electron chi connectivity index (χ1n) is 8.02. The Hall–Kier alpha value is -3.81. The van der Waals surface area contributed by atoms with Crippen molar-refractivity contribution >= 4 is 29.6 Å². The van der Waals surface area contributed by atoms with Crippen molar-refractivity contribution in [2.45, 2.75) is 0 Å². The molecule has 0 atom stereocenters. The smallest absolute Gasteiger partial charge is 0.335 e. The Bertz CT molecular complexity index is 997. The zero-order chi connectivity index (χ0) is 19.0. The number of nitrogens with zero attached hydrogens (tertiary/aromatic N) is 1. The molecule has 4 rings (SSSR count). The Morgan fingerprint density at radius 3 is 2.70 bits per heavy atom. The van der Waals surface area contributed by atoms with Crippen LogP contribution in [0.25, 0.3) is 6.08 Å². The van der Waals surface area contributed by atoms with Crippen LogP contribution in [0.5, 0.6) is 17.2 Å². The molecule has 1 N–H and O–H groups in total. The molecule has 4 amide bonds. The molecule has 0 radical (unpaired) electrons. The first kappa shape index (κ1) is 16.6. The number of methoxy groups -OCH3 is 1. The lowest BCUT2D eigenvalue weighted by Gasteiger charge is -2.26. The molecule has 8 nitrogen and oxygen atoms in total. The van der Waals surface area contributed by atoms with Gasteiger partial charge in [-0.2, -0.15) is 0 Å². The lowest BCUT2D eigenvalue weighted by atomic mass is 10.1. The summed E-state index contributed by atoms with van der Waals surface area (Å²) >= 11 is 0. The predicted octanol–water partition coefficient (Wildman–Crippen LogP) is 2.09. The largest absolute Gasteiger partial charge is 0.497 e. The number of imide groups is 2. The molecule has 2 aromatic rings. The molecule has 0 unspecified atom stereocenters. The first-order valence-corrected chi connectivity index (χ1v) is 8.02. The van der Waals surface area contributed by atoms with Gasteiger partial charge in [-0.15, -0.1) is 0 Å². The van der Waals surface area contributed by atoms with E-state index in [1.807, 2.05) is 0 Å². The molecular weight excluding hydrogens is 352 g/mol. The maximum Gasteiger partial charge on any atom is 0.335 e. The number of carbonyl (C=O) groups excluding carboxylic acids is 3. The van der Waals surface area contributed by atoms with E-state index in [0.717, 1.165) is 4.90 Å². The molecule has 0 spiro atoms. The number of rotatable bonds is 3. The number of carbonyl (C=O) groups is 3. The van der Waals surface area contributed by atoms with Gasteiger partial charge in [0.1, 0.15) is 11.3 Å². The average Bonchev–Trinajstić information content (AvgIpc) is 3.13. The number of fused-ring (bicyclic) bond motifs is 1. The molecule has 0 saturated carbocycles. The van der Waals surface area contributed by atoms with Crippen LogP contribution >= 0.6 is 0 Å². The monoisotopic (exact) mass is 366 g/mol. The summed E-state index contributed by atoms with van der Waals surface area (Å²) in [6, 6.07) is 10.7. The van der Waals surface area contributed by atoms with Gasteiger partial charge in [-0.1, -0.05) is 12.1 Å². The quantitative estimate of drug-likeness (QED) is 0.660. The van der Waals surface area contributed by atoms with E-state index in [1.54, 1.807) is 36.4 Å². The summed E-state index contributed by atoms with van der Waals surface area (Å²) in [4.78, 5) is 38.2. The van der Waals surface area contributed by atoms with Crippen molar-refractivity contribution in [1.29, 1.82) is 0 Å². The second-order valence-corrected chi connectivity index (χ2v) is 5.77. The Labute approximate surface area is 153 Å². The summed E-state index contributed by atoms with van der Waals surface area (Å²) in [6.07, 6.45) is 1.40. The van der Waals surface area contributed by atoms with Gasteiger partial charge in [-0.05, 0) is 35.9 Å². The molecule has 2 aromatic carbocycles. The van der Waals surface area contributed by atoms with E-state index < -0.39 is 17.8 Å². The molecule has 1 saturated heterocycles. The van der Waals surface area contributed by atoms with Gasteiger partial charge in [0, 0.05) is 6.07 Å². The third-order valence-corrected chi connectivity index (χ3v) is 4.12. The minimum Gasteiger partial charge on any atom is -0.497 e. The van der Waals surface area contributed by atoms with E-state index in [2.05, 4.69) is 5.32 Å². The normalized spacial score (nSPS) is 17.3. The fourth-order valence-corrected chi connectivity index (χ4v) is 2.81. The van der Waals surface area contributed by atoms with Crippen molar-refractivity contribution in [3.63, 3.8) is 0 Å². The zero-order valence-corrected chi connectivity index (χ0v) is 14.2. The second kappa shape index (κ2) is 6.49. The summed E-state index contributed by atoms with van der Waals surface area (Å²) in [7, 11) is 1.48. The molecule has 0 aliphatic carbocycles. The highest BCUT2D eigenvalue weighted by Gasteiger charge is 2.37. The molecule has 2 aliphatic heterocycles. The molecule has 136 valence electrons. The molecule has 2 heterocycles. The molecular formula is C19H14N2O6. The van der Waals surface area contributed by atoms with Crippen molar-refractivity contribution in [2.24, 2.45) is 0 Å². The van der Waals surface area contributed by atoms with Gasteiger partial charge in [0.05, 0.1) is 12.8 Å². The SMILES string of the molecule is COc1cccc(N2C(=O)NC(=O)/C(=C/c3ccc4c(c3)OCO4)C2=O)c1. The van der Waals surface area contributed by atoms with E-state index in [4.69, 9.17) is 14.2 Å². The third-order valence-electron chi connectivity index (χ3n) is 4.12. The number of amides is 4. The predicted molar refractivity (Wildman–Crippen MR) is 94.6 cm³/mol. The maximum atomic E-state index is 12.9. The fraction of sp³-hybridized carbons (Fsp3) is 0.105. The summed E-state index contributed by atoms with van der Waals surface area (Å²) < 4.78 is 15.7. The summed E-state index contributed by atoms with van der Waals surface area (Å²) in [5, 5.41) is 2.18. The Morgan fingerprint density at radius 1 is 1.07 bits per heavy atom. The van der Waals surface area contributed by atoms with Crippen molar-refractivity contribution in [3.05, 3.63) is 53.6 Å². The highest BCUT2D eigenvalue weighted by Crippen LogP contribution is 2.33. The number of hydrogen-bond donors (Lipinski definition) is 1. The molecule has 1 fully saturated rings. The zero-order valence-electron chi connectivity index (χ0n) is 14.2. The van der Waals surface area contributed by atoms with Gasteiger partial charge < -0.3 is 14.2 Å². The number of ether oxygens (including phenoxy) is 3. The fourth-order valence-electron chi connectivity index (χ4n) is 2.81. The highest BCUT2D eigenvalue weighted by atomic mass is 16.7. The number of barbiturate groups is 1. The first-order chi connectivity index (χ1) is 13.1. The Morgan fingerprint density at radius 2 is 1.89 bits per heavy atom. The van der Waals surface area contributed by atoms with Crippen LogP contribution in [0.2, 0.25) is 0 Å². The maximum absolute atomic E-state index is 12.9. The highest BCUT2D eigenvalue weighted by molar-refractivity contribution is 6.39. The number of nitrogens with one attached hydrogen (secondary N) is 1. The summed E-state index contributed by atoms with van der Waals surface area (Å²) in [5.74, 6) is 0.0984. The van der Waals surface area contributed by atoms with Crippen molar-refractivity contribution in [3.8, 4) is 17.2 Å². The van der Waals surface area contributed by atoms with Crippen LogP contribution in [0.1, 0.15) is 5.56 Å². The molecule has 0 aromatic heterocycles. The van der Waals surface area contributed by atoms with E-state index in [0.29, 0.717) is 28.5 Å². The van der Waals surface area contributed by atoms with Crippen LogP contribution in [0.3, 0.4) is 0 Å². The summed E-state index contributed by atoms with van der Waals surface area (Å²) in [5.41, 5.74) is 0.690. The van der Waals surface area contributed by atoms with E-state index >= 15 is 0 Å². The average molecular weight is 366 g/mol. The minimum absolute atomic E-state index is 0.118. The van der Waals surface area contributed by atoms with E-state index in [1.165, 1.54) is 19.3 Å². The van der Waals surface area contributed by atoms with Crippen molar-refractivity contribution < 1.29 is 28.6 Å². The van der Waals surface area contributed by atoms with Crippen LogP contribution in [0, 0.1) is 0 Å². The van der Waals surface area contributed by atoms with E-state index in [-0.39, 0.29) is 12.4 Å². The minimum atomic E-state index is -0.818. The number of anilines is 1. The lowest BCUT2D eigenvalue weighted by Crippen LogP contribution is -2.54. The number of hydrogen-bond acceptors (Lipinski definition) is 6. The van der Waals surface area contributed by atoms with Gasteiger partial charge in [0.15, 0.2) is 11.5 Å².